The summed E-state index contributed by atoms with van der Waals surface area (Å²) in [6.45, 7) is 13.6. The third-order valence-electron chi connectivity index (χ3n) is 8.52. The minimum Gasteiger partial charge on any atom is -0.490 e. The highest BCUT2D eigenvalue weighted by Crippen LogP contribution is 2.35. The molecule has 0 radical (unpaired) electrons. The Morgan fingerprint density at radius 1 is 1.12 bits per heavy atom. The highest BCUT2D eigenvalue weighted by atomic mass is 16.6. The molecule has 0 unspecified atom stereocenters. The summed E-state index contributed by atoms with van der Waals surface area (Å²) in [5.41, 5.74) is 0.974. The van der Waals surface area contributed by atoms with Crippen LogP contribution >= 0.6 is 0 Å². The summed E-state index contributed by atoms with van der Waals surface area (Å²) >= 11 is 0. The fourth-order valence-corrected chi connectivity index (χ4v) is 6.38. The first-order valence-electron chi connectivity index (χ1n) is 15.0. The van der Waals surface area contributed by atoms with Crippen molar-refractivity contribution in [3.8, 4) is 5.75 Å². The minimum atomic E-state index is -0.938. The lowest BCUT2D eigenvalue weighted by molar-refractivity contribution is 0.00952. The van der Waals surface area contributed by atoms with E-state index in [4.69, 9.17) is 9.47 Å². The van der Waals surface area contributed by atoms with Crippen molar-refractivity contribution in [2.24, 2.45) is 0 Å². The average molecular weight is 593 g/mol. The molecule has 3 aromatic heterocycles. The number of hydrogen-bond donors (Lipinski definition) is 2. The van der Waals surface area contributed by atoms with E-state index in [-0.39, 0.29) is 11.5 Å². The Bertz CT molecular complexity index is 1620. The van der Waals surface area contributed by atoms with Crippen molar-refractivity contribution in [1.82, 2.24) is 34.3 Å². The fraction of sp³-hybridized carbons (Fsp3) is 0.567. The topological polar surface area (TPSA) is 135 Å². The summed E-state index contributed by atoms with van der Waals surface area (Å²) in [6, 6.07) is 1.69. The first-order chi connectivity index (χ1) is 20.5. The van der Waals surface area contributed by atoms with E-state index in [0.29, 0.717) is 60.8 Å². The van der Waals surface area contributed by atoms with Gasteiger partial charge in [-0.1, -0.05) is 0 Å². The number of carbonyl (C=O) groups is 2. The maximum absolute atomic E-state index is 14.1. The second kappa shape index (κ2) is 10.9. The molecule has 230 valence electrons. The average Bonchev–Trinajstić information content (AvgIpc) is 3.64. The number of fused-ring (bicyclic) bond motifs is 3. The van der Waals surface area contributed by atoms with Gasteiger partial charge in [0.05, 0.1) is 6.20 Å². The number of hydrogen-bond acceptors (Lipinski definition) is 9. The standard InChI is InChI=1S/C30H40N8O5/c1-19-16-21(33-25-24-20(2)22(17-37(24)32-18-31-25)42-15-14-35-10-6-7-11-35)27(40)38-23(19)26(39)34-30(38)8-12-36(13-9-30)28(41)43-29(3,4)5/h16-18H,6-15H2,1-5H3,(H,34,39)(H,31,32,33). The van der Waals surface area contributed by atoms with Gasteiger partial charge in [-0.15, -0.1) is 0 Å². The highest BCUT2D eigenvalue weighted by Gasteiger charge is 2.47. The number of nitrogens with zero attached hydrogens (tertiary/aromatic N) is 6. The zero-order chi connectivity index (χ0) is 30.5. The molecule has 0 aromatic carbocycles. The molecule has 13 nitrogen and oxygen atoms in total. The van der Waals surface area contributed by atoms with E-state index in [1.165, 1.54) is 19.2 Å². The molecule has 3 aliphatic rings. The largest absolute Gasteiger partial charge is 0.490 e. The molecule has 3 aromatic rings. The molecular formula is C30H40N8O5. The van der Waals surface area contributed by atoms with Crippen molar-refractivity contribution in [3.63, 3.8) is 0 Å². The Morgan fingerprint density at radius 3 is 2.53 bits per heavy atom. The molecule has 43 heavy (non-hydrogen) atoms. The number of likely N-dealkylation sites (tertiary alicyclic amines) is 2. The summed E-state index contributed by atoms with van der Waals surface area (Å²) < 4.78 is 14.9. The van der Waals surface area contributed by atoms with Crippen LogP contribution in [0.5, 0.6) is 5.75 Å². The van der Waals surface area contributed by atoms with Crippen molar-refractivity contribution < 1.29 is 19.1 Å². The van der Waals surface area contributed by atoms with Gasteiger partial charge in [-0.2, -0.15) is 5.10 Å². The monoisotopic (exact) mass is 592 g/mol. The SMILES string of the molecule is Cc1cc(Nc2ncnn3cc(OCCN4CCCC4)c(C)c23)c(=O)n2c1C(=O)NC21CCN(C(=O)OC(C)(C)C)CC1. The molecule has 0 bridgehead atoms. The molecule has 2 N–H and O–H groups in total. The smallest absolute Gasteiger partial charge is 0.410 e. The summed E-state index contributed by atoms with van der Waals surface area (Å²) in [4.78, 5) is 48.4. The second-order valence-corrected chi connectivity index (χ2v) is 12.7. The molecule has 13 heteroatoms. The molecule has 2 saturated heterocycles. The lowest BCUT2D eigenvalue weighted by atomic mass is 9.97. The molecule has 0 atom stereocenters. The van der Waals surface area contributed by atoms with Crippen molar-refractivity contribution in [3.05, 3.63) is 45.8 Å². The molecule has 1 spiro atoms. The lowest BCUT2D eigenvalue weighted by Gasteiger charge is -2.40. The van der Waals surface area contributed by atoms with Gasteiger partial charge in [0, 0.05) is 38.0 Å². The summed E-state index contributed by atoms with van der Waals surface area (Å²) in [5.74, 6) is 0.884. The summed E-state index contributed by atoms with van der Waals surface area (Å²) in [6.07, 6.45) is 6.08. The zero-order valence-corrected chi connectivity index (χ0v) is 25.5. The molecule has 0 aliphatic carbocycles. The van der Waals surface area contributed by atoms with E-state index in [9.17, 15) is 14.4 Å². The van der Waals surface area contributed by atoms with Gasteiger partial charge in [0.15, 0.2) is 5.82 Å². The van der Waals surface area contributed by atoms with Crippen molar-refractivity contribution in [1.29, 1.82) is 0 Å². The predicted octanol–water partition coefficient (Wildman–Crippen LogP) is 3.15. The minimum absolute atomic E-state index is 0.296. The van der Waals surface area contributed by atoms with E-state index in [0.717, 1.165) is 30.9 Å². The van der Waals surface area contributed by atoms with Crippen LogP contribution in [0.4, 0.5) is 16.3 Å². The Hall–Kier alpha value is -4.13. The van der Waals surface area contributed by atoms with Gasteiger partial charge < -0.3 is 25.0 Å². The second-order valence-electron chi connectivity index (χ2n) is 12.7. The lowest BCUT2D eigenvalue weighted by Crippen LogP contribution is -2.56. The first kappa shape index (κ1) is 29.0. The third kappa shape index (κ3) is 5.41. The molecule has 3 aliphatic heterocycles. The van der Waals surface area contributed by atoms with E-state index in [1.807, 2.05) is 40.8 Å². The van der Waals surface area contributed by atoms with Crippen LogP contribution < -0.4 is 20.9 Å². The number of nitrogens with one attached hydrogen (secondary N) is 2. The van der Waals surface area contributed by atoms with Crippen LogP contribution in [0.15, 0.2) is 23.4 Å². The van der Waals surface area contributed by atoms with Crippen LogP contribution in [0.2, 0.25) is 0 Å². The number of aryl methyl sites for hydroxylation is 2. The van der Waals surface area contributed by atoms with Crippen LogP contribution in [0.1, 0.15) is 68.1 Å². The van der Waals surface area contributed by atoms with Gasteiger partial charge in [-0.25, -0.2) is 14.3 Å². The van der Waals surface area contributed by atoms with Crippen LogP contribution in [0.3, 0.4) is 0 Å². The summed E-state index contributed by atoms with van der Waals surface area (Å²) in [7, 11) is 0. The number of amides is 2. The van der Waals surface area contributed by atoms with Crippen molar-refractivity contribution in [2.45, 2.75) is 71.6 Å². The molecule has 6 rings (SSSR count). The zero-order valence-electron chi connectivity index (χ0n) is 25.5. The van der Waals surface area contributed by atoms with Crippen LogP contribution in [0, 0.1) is 13.8 Å². The number of carbonyl (C=O) groups excluding carboxylic acids is 2. The number of pyridine rings is 1. The Balaban J connectivity index is 1.27. The Morgan fingerprint density at radius 2 is 1.84 bits per heavy atom. The van der Waals surface area contributed by atoms with E-state index in [2.05, 4.69) is 25.6 Å². The van der Waals surface area contributed by atoms with Gasteiger partial charge in [-0.3, -0.25) is 19.1 Å². The van der Waals surface area contributed by atoms with E-state index >= 15 is 0 Å². The predicted molar refractivity (Wildman–Crippen MR) is 160 cm³/mol. The molecular weight excluding hydrogens is 552 g/mol. The number of ether oxygens (including phenoxy) is 2. The highest BCUT2D eigenvalue weighted by molar-refractivity contribution is 5.97. The van der Waals surface area contributed by atoms with Crippen LogP contribution in [-0.2, 0) is 10.4 Å². The van der Waals surface area contributed by atoms with Crippen LogP contribution in [0.25, 0.3) is 5.52 Å². The van der Waals surface area contributed by atoms with Crippen LogP contribution in [-0.4, -0.2) is 85.9 Å². The van der Waals surface area contributed by atoms with Gasteiger partial charge >= 0.3 is 6.09 Å². The molecule has 2 fully saturated rings. The van der Waals surface area contributed by atoms with Crippen molar-refractivity contribution >= 4 is 29.0 Å². The van der Waals surface area contributed by atoms with Crippen molar-refractivity contribution in [2.75, 3.05) is 44.6 Å². The molecule has 2 amide bonds. The van der Waals surface area contributed by atoms with Gasteiger partial charge in [0.2, 0.25) is 0 Å². The quantitative estimate of drug-likeness (QED) is 0.443. The number of anilines is 2. The van der Waals surface area contributed by atoms with E-state index < -0.39 is 17.4 Å². The maximum atomic E-state index is 14.1. The maximum Gasteiger partial charge on any atom is 0.410 e. The van der Waals surface area contributed by atoms with Gasteiger partial charge in [0.1, 0.15) is 46.8 Å². The molecule has 6 heterocycles. The Kier molecular flexibility index (Phi) is 7.31. The normalized spacial score (nSPS) is 18.3. The van der Waals surface area contributed by atoms with Gasteiger partial charge in [0.25, 0.3) is 11.5 Å². The fourth-order valence-electron chi connectivity index (χ4n) is 6.38. The molecule has 0 saturated carbocycles. The number of rotatable bonds is 6. The third-order valence-corrected chi connectivity index (χ3v) is 8.52. The number of aromatic nitrogens is 4. The first-order valence-corrected chi connectivity index (χ1v) is 15.0. The van der Waals surface area contributed by atoms with Gasteiger partial charge in [-0.05, 0) is 72.2 Å². The summed E-state index contributed by atoms with van der Waals surface area (Å²) in [5, 5.41) is 10.7. The Labute approximate surface area is 250 Å². The van der Waals surface area contributed by atoms with E-state index in [1.54, 1.807) is 20.0 Å². The number of piperidine rings is 1.